The Morgan fingerprint density at radius 1 is 1.06 bits per heavy atom. The number of methoxy groups -OCH3 is 1. The Bertz CT molecular complexity index is 1220. The number of fused-ring (bicyclic) bond motifs is 4. The van der Waals surface area contributed by atoms with Crippen LogP contribution in [-0.4, -0.2) is 35.6 Å². The number of rotatable bonds is 2. The zero-order valence-electron chi connectivity index (χ0n) is 18.3. The minimum absolute atomic E-state index is 0.00629. The van der Waals surface area contributed by atoms with E-state index >= 15 is 0 Å². The number of carbonyl (C=O) groups is 1. The number of amides is 1. The first-order valence-corrected chi connectivity index (χ1v) is 10.8. The summed E-state index contributed by atoms with van der Waals surface area (Å²) in [7, 11) is 1.18. The van der Waals surface area contributed by atoms with Crippen LogP contribution < -0.4 is 9.47 Å². The molecule has 1 saturated heterocycles. The minimum Gasteiger partial charge on any atom is -0.496 e. The Morgan fingerprint density at radius 2 is 1.79 bits per heavy atom. The molecule has 2 aromatic carbocycles. The normalized spacial score (nSPS) is 16.7. The first-order chi connectivity index (χ1) is 15.7. The summed E-state index contributed by atoms with van der Waals surface area (Å²) in [6.07, 6.45) is -3.53. The molecule has 8 heteroatoms. The average molecular weight is 456 g/mol. The van der Waals surface area contributed by atoms with E-state index in [9.17, 15) is 18.0 Å². The van der Waals surface area contributed by atoms with Crippen LogP contribution in [0, 0.1) is 6.92 Å². The SMILES string of the molecule is COc1ccc(C(=O)N2CCC3(CC2)Oc2ccccc2-n2c(C)ccc23)cc1C(F)(F)F. The van der Waals surface area contributed by atoms with Gasteiger partial charge in [0.1, 0.15) is 11.5 Å². The number of ether oxygens (including phenoxy) is 2. The first kappa shape index (κ1) is 21.4. The predicted octanol–water partition coefficient (Wildman–Crippen LogP) is 5.34. The summed E-state index contributed by atoms with van der Waals surface area (Å²) in [4.78, 5) is 14.7. The van der Waals surface area contributed by atoms with Gasteiger partial charge in [-0.1, -0.05) is 12.1 Å². The summed E-state index contributed by atoms with van der Waals surface area (Å²) in [5, 5.41) is 0. The summed E-state index contributed by atoms with van der Waals surface area (Å²) >= 11 is 0. The van der Waals surface area contributed by atoms with Crippen LogP contribution in [0.3, 0.4) is 0 Å². The molecule has 33 heavy (non-hydrogen) atoms. The van der Waals surface area contributed by atoms with Crippen LogP contribution in [0.4, 0.5) is 13.2 Å². The number of alkyl halides is 3. The molecule has 0 unspecified atom stereocenters. The Morgan fingerprint density at radius 3 is 2.48 bits per heavy atom. The molecule has 2 aliphatic heterocycles. The number of aryl methyl sites for hydroxylation is 1. The Labute approximate surface area is 189 Å². The number of aromatic nitrogens is 1. The fourth-order valence-electron chi connectivity index (χ4n) is 4.88. The monoisotopic (exact) mass is 456 g/mol. The molecule has 1 fully saturated rings. The van der Waals surface area contributed by atoms with E-state index in [1.165, 1.54) is 19.2 Å². The average Bonchev–Trinajstić information content (AvgIpc) is 3.21. The molecule has 1 aromatic heterocycles. The molecule has 2 aliphatic rings. The van der Waals surface area contributed by atoms with Crippen LogP contribution in [-0.2, 0) is 11.8 Å². The maximum Gasteiger partial charge on any atom is 0.419 e. The minimum atomic E-state index is -4.61. The molecular weight excluding hydrogens is 433 g/mol. The van der Waals surface area contributed by atoms with Crippen molar-refractivity contribution in [1.29, 1.82) is 0 Å². The van der Waals surface area contributed by atoms with Gasteiger partial charge in [0.15, 0.2) is 5.60 Å². The lowest BCUT2D eigenvalue weighted by molar-refractivity contribution is -0.138. The predicted molar refractivity (Wildman–Crippen MR) is 116 cm³/mol. The Kier molecular flexibility index (Phi) is 4.92. The summed E-state index contributed by atoms with van der Waals surface area (Å²) < 4.78 is 53.7. The number of carbonyl (C=O) groups excluding carboxylic acids is 1. The fraction of sp³-hybridized carbons (Fsp3) is 0.320. The van der Waals surface area contributed by atoms with Gasteiger partial charge < -0.3 is 18.9 Å². The van der Waals surface area contributed by atoms with E-state index in [2.05, 4.69) is 16.7 Å². The van der Waals surface area contributed by atoms with Crippen LogP contribution in [0.5, 0.6) is 11.5 Å². The van der Waals surface area contributed by atoms with E-state index in [4.69, 9.17) is 9.47 Å². The second kappa shape index (κ2) is 7.57. The van der Waals surface area contributed by atoms with Gasteiger partial charge in [-0.3, -0.25) is 4.79 Å². The number of halogens is 3. The van der Waals surface area contributed by atoms with E-state index in [1.807, 2.05) is 31.2 Å². The van der Waals surface area contributed by atoms with Crippen molar-refractivity contribution in [3.8, 4) is 17.2 Å². The van der Waals surface area contributed by atoms with E-state index in [0.29, 0.717) is 25.9 Å². The van der Waals surface area contributed by atoms with E-state index in [0.717, 1.165) is 28.9 Å². The largest absolute Gasteiger partial charge is 0.496 e. The van der Waals surface area contributed by atoms with Crippen LogP contribution in [0.2, 0.25) is 0 Å². The first-order valence-electron chi connectivity index (χ1n) is 10.8. The second-order valence-corrected chi connectivity index (χ2v) is 8.46. The number of hydrogen-bond acceptors (Lipinski definition) is 3. The zero-order valence-corrected chi connectivity index (χ0v) is 18.3. The molecule has 172 valence electrons. The molecule has 0 bridgehead atoms. The maximum absolute atomic E-state index is 13.4. The van der Waals surface area contributed by atoms with Gasteiger partial charge in [0.05, 0.1) is 24.1 Å². The smallest absolute Gasteiger partial charge is 0.419 e. The van der Waals surface area contributed by atoms with Gasteiger partial charge in [0.25, 0.3) is 5.91 Å². The van der Waals surface area contributed by atoms with Crippen LogP contribution in [0.25, 0.3) is 5.69 Å². The van der Waals surface area contributed by atoms with E-state index in [-0.39, 0.29) is 11.3 Å². The van der Waals surface area contributed by atoms with Crippen LogP contribution in [0.1, 0.15) is 40.2 Å². The third-order valence-electron chi connectivity index (χ3n) is 6.56. The van der Waals surface area contributed by atoms with E-state index < -0.39 is 23.2 Å². The number of benzene rings is 2. The highest BCUT2D eigenvalue weighted by Crippen LogP contribution is 2.46. The topological polar surface area (TPSA) is 43.7 Å². The third kappa shape index (κ3) is 3.44. The van der Waals surface area contributed by atoms with Gasteiger partial charge in [-0.05, 0) is 49.4 Å². The van der Waals surface area contributed by atoms with Gasteiger partial charge in [-0.15, -0.1) is 0 Å². The van der Waals surface area contributed by atoms with Crippen molar-refractivity contribution in [1.82, 2.24) is 9.47 Å². The molecule has 3 heterocycles. The van der Waals surface area contributed by atoms with Gasteiger partial charge in [0, 0.05) is 37.2 Å². The molecule has 1 spiro atoms. The number of likely N-dealkylation sites (tertiary alicyclic amines) is 1. The Balaban J connectivity index is 1.41. The summed E-state index contributed by atoms with van der Waals surface area (Å²) in [6, 6.07) is 15.4. The van der Waals surface area contributed by atoms with Crippen molar-refractivity contribution < 1.29 is 27.4 Å². The molecule has 0 atom stereocenters. The lowest BCUT2D eigenvalue weighted by Gasteiger charge is -2.45. The molecule has 0 N–H and O–H groups in total. The number of piperidine rings is 1. The van der Waals surface area contributed by atoms with Crippen molar-refractivity contribution in [3.63, 3.8) is 0 Å². The number of nitrogens with zero attached hydrogens (tertiary/aromatic N) is 2. The summed E-state index contributed by atoms with van der Waals surface area (Å²) in [5.74, 6) is 0.0527. The number of para-hydroxylation sites is 2. The quantitative estimate of drug-likeness (QED) is 0.523. The molecular formula is C25H23F3N2O3. The number of hydrogen-bond donors (Lipinski definition) is 0. The van der Waals surface area contributed by atoms with E-state index in [1.54, 1.807) is 4.90 Å². The highest BCUT2D eigenvalue weighted by atomic mass is 19.4. The molecule has 0 aliphatic carbocycles. The van der Waals surface area contributed by atoms with Crippen molar-refractivity contribution in [2.24, 2.45) is 0 Å². The Hall–Kier alpha value is -3.42. The third-order valence-corrected chi connectivity index (χ3v) is 6.56. The van der Waals surface area contributed by atoms with Crippen molar-refractivity contribution in [2.75, 3.05) is 20.2 Å². The zero-order chi connectivity index (χ0) is 23.4. The van der Waals surface area contributed by atoms with Gasteiger partial charge >= 0.3 is 6.18 Å². The van der Waals surface area contributed by atoms with Crippen molar-refractivity contribution in [2.45, 2.75) is 31.5 Å². The maximum atomic E-state index is 13.4. The second-order valence-electron chi connectivity index (χ2n) is 8.46. The lowest BCUT2D eigenvalue weighted by Crippen LogP contribution is -2.50. The van der Waals surface area contributed by atoms with Gasteiger partial charge in [-0.2, -0.15) is 13.2 Å². The molecule has 5 nitrogen and oxygen atoms in total. The van der Waals surface area contributed by atoms with Crippen LogP contribution >= 0.6 is 0 Å². The molecule has 1 amide bonds. The summed E-state index contributed by atoms with van der Waals surface area (Å²) in [6.45, 7) is 2.79. The molecule has 0 saturated carbocycles. The fourth-order valence-corrected chi connectivity index (χ4v) is 4.88. The lowest BCUT2D eigenvalue weighted by atomic mass is 9.86. The molecule has 3 aromatic rings. The van der Waals surface area contributed by atoms with Crippen molar-refractivity contribution >= 4 is 5.91 Å². The summed E-state index contributed by atoms with van der Waals surface area (Å²) in [5.41, 5.74) is 1.57. The standard InChI is InChI=1S/C25H23F3N2O3/c1-16-7-10-22-24(33-21-6-4-3-5-19(21)30(16)22)11-13-29(14-12-24)23(31)17-8-9-20(32-2)18(15-17)25(26,27)28/h3-10,15H,11-14H2,1-2H3. The van der Waals surface area contributed by atoms with Gasteiger partial charge in [0.2, 0.25) is 0 Å². The van der Waals surface area contributed by atoms with Gasteiger partial charge in [-0.25, -0.2) is 0 Å². The highest BCUT2D eigenvalue weighted by Gasteiger charge is 2.45. The van der Waals surface area contributed by atoms with Crippen LogP contribution in [0.15, 0.2) is 54.6 Å². The molecule has 5 rings (SSSR count). The highest BCUT2D eigenvalue weighted by molar-refractivity contribution is 5.94. The van der Waals surface area contributed by atoms with Crippen molar-refractivity contribution in [3.05, 3.63) is 77.1 Å². The molecule has 0 radical (unpaired) electrons.